The number of carbonyl (C=O) groups is 1. The minimum atomic E-state index is -0.444. The summed E-state index contributed by atoms with van der Waals surface area (Å²) >= 11 is 0. The number of anilines is 1. The second-order valence-electron chi connectivity index (χ2n) is 6.98. The van der Waals surface area contributed by atoms with Crippen molar-refractivity contribution in [3.63, 3.8) is 0 Å². The fourth-order valence-corrected chi connectivity index (χ4v) is 3.86. The molecule has 9 heteroatoms. The zero-order chi connectivity index (χ0) is 20.0. The van der Waals surface area contributed by atoms with Gasteiger partial charge >= 0.3 is 0 Å². The molecule has 1 unspecified atom stereocenters. The van der Waals surface area contributed by atoms with E-state index in [0.717, 1.165) is 29.7 Å². The van der Waals surface area contributed by atoms with Gasteiger partial charge in [-0.3, -0.25) is 19.9 Å². The Hall–Kier alpha value is -3.88. The maximum Gasteiger partial charge on any atom is 0.269 e. The van der Waals surface area contributed by atoms with Gasteiger partial charge in [0, 0.05) is 47.8 Å². The van der Waals surface area contributed by atoms with Crippen molar-refractivity contribution >= 4 is 17.4 Å². The molecule has 1 aliphatic heterocycles. The summed E-state index contributed by atoms with van der Waals surface area (Å²) in [4.78, 5) is 31.9. The van der Waals surface area contributed by atoms with E-state index < -0.39 is 4.92 Å². The highest BCUT2D eigenvalue weighted by atomic mass is 16.6. The van der Waals surface area contributed by atoms with E-state index in [4.69, 9.17) is 0 Å². The molecule has 144 valence electrons. The molecule has 2 aliphatic rings. The summed E-state index contributed by atoms with van der Waals surface area (Å²) in [5.74, 6) is 1.10. The molecule has 0 fully saturated rings. The van der Waals surface area contributed by atoms with Crippen molar-refractivity contribution in [2.45, 2.75) is 25.3 Å². The number of nitrogens with one attached hydrogen (secondary N) is 1. The highest BCUT2D eigenvalue weighted by molar-refractivity contribution is 5.99. The van der Waals surface area contributed by atoms with Crippen molar-refractivity contribution in [2.24, 2.45) is 0 Å². The smallest absolute Gasteiger partial charge is 0.269 e. The molecule has 0 bridgehead atoms. The lowest BCUT2D eigenvalue weighted by atomic mass is 9.86. The maximum absolute atomic E-state index is 12.8. The maximum atomic E-state index is 12.8. The number of ketones is 1. The van der Waals surface area contributed by atoms with Gasteiger partial charge in [-0.1, -0.05) is 0 Å². The molecule has 0 saturated carbocycles. The van der Waals surface area contributed by atoms with E-state index in [9.17, 15) is 14.9 Å². The van der Waals surface area contributed by atoms with Crippen LogP contribution in [0.25, 0.3) is 11.4 Å². The van der Waals surface area contributed by atoms with Crippen molar-refractivity contribution in [1.29, 1.82) is 0 Å². The molecule has 0 radical (unpaired) electrons. The Morgan fingerprint density at radius 2 is 1.86 bits per heavy atom. The normalized spacial score (nSPS) is 18.1. The number of hydrogen-bond acceptors (Lipinski definition) is 7. The number of pyridine rings is 1. The molecule has 9 nitrogen and oxygen atoms in total. The number of non-ortho nitro benzene ring substituents is 1. The molecule has 3 aromatic rings. The first-order valence-electron chi connectivity index (χ1n) is 9.26. The highest BCUT2D eigenvalue weighted by Crippen LogP contribution is 2.40. The van der Waals surface area contributed by atoms with Gasteiger partial charge in [0.05, 0.1) is 4.92 Å². The third kappa shape index (κ3) is 2.87. The molecule has 1 aromatic carbocycles. The summed E-state index contributed by atoms with van der Waals surface area (Å²) in [6.45, 7) is 0. The zero-order valence-corrected chi connectivity index (χ0v) is 15.3. The zero-order valence-electron chi connectivity index (χ0n) is 15.3. The van der Waals surface area contributed by atoms with E-state index >= 15 is 0 Å². The SMILES string of the molecule is O=C1CCCC2=C1C(c1ccncc1)n1nc(-c3ccc([N+](=O)[O-])cc3)nc1N2. The average molecular weight is 388 g/mol. The van der Waals surface area contributed by atoms with Crippen LogP contribution in [-0.4, -0.2) is 30.5 Å². The van der Waals surface area contributed by atoms with Crippen molar-refractivity contribution < 1.29 is 9.72 Å². The molecule has 3 heterocycles. The largest absolute Gasteiger partial charge is 0.328 e. The fourth-order valence-electron chi connectivity index (χ4n) is 3.86. The molecule has 1 aliphatic carbocycles. The molecule has 5 rings (SSSR count). The van der Waals surface area contributed by atoms with Gasteiger partial charge in [0.1, 0.15) is 6.04 Å². The van der Waals surface area contributed by atoms with Crippen LogP contribution in [0.2, 0.25) is 0 Å². The van der Waals surface area contributed by atoms with Gasteiger partial charge in [0.25, 0.3) is 5.69 Å². The first kappa shape index (κ1) is 17.2. The number of rotatable bonds is 3. The van der Waals surface area contributed by atoms with Gasteiger partial charge in [-0.2, -0.15) is 4.98 Å². The van der Waals surface area contributed by atoms with Crippen LogP contribution in [0, 0.1) is 10.1 Å². The van der Waals surface area contributed by atoms with Gasteiger partial charge < -0.3 is 5.32 Å². The third-order valence-electron chi connectivity index (χ3n) is 5.23. The minimum Gasteiger partial charge on any atom is -0.328 e. The highest BCUT2D eigenvalue weighted by Gasteiger charge is 2.36. The van der Waals surface area contributed by atoms with E-state index in [-0.39, 0.29) is 17.5 Å². The second-order valence-corrected chi connectivity index (χ2v) is 6.98. The van der Waals surface area contributed by atoms with Crippen LogP contribution in [0.3, 0.4) is 0 Å². The fraction of sp³-hybridized carbons (Fsp3) is 0.200. The van der Waals surface area contributed by atoms with Gasteiger partial charge in [-0.25, -0.2) is 4.68 Å². The monoisotopic (exact) mass is 388 g/mol. The topological polar surface area (TPSA) is 116 Å². The van der Waals surface area contributed by atoms with Crippen LogP contribution in [0.5, 0.6) is 0 Å². The molecule has 2 aromatic heterocycles. The Morgan fingerprint density at radius 1 is 1.10 bits per heavy atom. The number of nitro groups is 1. The average Bonchev–Trinajstić information content (AvgIpc) is 3.17. The predicted octanol–water partition coefficient (Wildman–Crippen LogP) is 3.27. The number of allylic oxidation sites excluding steroid dienone is 2. The minimum absolute atomic E-state index is 0.00763. The molecule has 0 amide bonds. The quantitative estimate of drug-likeness (QED) is 0.541. The standard InChI is InChI=1S/C20H16N6O3/c27-16-3-1-2-15-17(16)18(12-8-10-21-11-9-12)25-20(22-15)23-19(24-25)13-4-6-14(7-5-13)26(28)29/h4-11,18H,1-3H2,(H,22,23,24). The third-order valence-corrected chi connectivity index (χ3v) is 5.23. The lowest BCUT2D eigenvalue weighted by Crippen LogP contribution is -2.31. The van der Waals surface area contributed by atoms with Crippen LogP contribution >= 0.6 is 0 Å². The Morgan fingerprint density at radius 3 is 2.59 bits per heavy atom. The summed E-state index contributed by atoms with van der Waals surface area (Å²) < 4.78 is 1.72. The summed E-state index contributed by atoms with van der Waals surface area (Å²) in [7, 11) is 0. The Balaban J connectivity index is 1.62. The number of nitrogens with zero attached hydrogens (tertiary/aromatic N) is 5. The van der Waals surface area contributed by atoms with Crippen LogP contribution < -0.4 is 5.32 Å². The first-order chi connectivity index (χ1) is 14.1. The van der Waals surface area contributed by atoms with Crippen molar-refractivity contribution in [3.8, 4) is 11.4 Å². The van der Waals surface area contributed by atoms with Gasteiger partial charge in [0.15, 0.2) is 11.6 Å². The number of Topliss-reactive ketones (excluding diaryl/α,β-unsaturated/α-hetero) is 1. The van der Waals surface area contributed by atoms with E-state index in [2.05, 4.69) is 20.4 Å². The lowest BCUT2D eigenvalue weighted by Gasteiger charge is -2.32. The Bertz CT molecular complexity index is 1150. The van der Waals surface area contributed by atoms with Crippen molar-refractivity contribution in [1.82, 2.24) is 19.7 Å². The molecule has 1 atom stereocenters. The number of aromatic nitrogens is 4. The molecular formula is C20H16N6O3. The second kappa shape index (κ2) is 6.62. The van der Waals surface area contributed by atoms with Gasteiger partial charge in [-0.05, 0) is 42.7 Å². The van der Waals surface area contributed by atoms with Crippen molar-refractivity contribution in [2.75, 3.05) is 5.32 Å². The van der Waals surface area contributed by atoms with Crippen LogP contribution in [0.15, 0.2) is 60.1 Å². The van der Waals surface area contributed by atoms with E-state index in [1.54, 1.807) is 29.2 Å². The number of hydrogen-bond donors (Lipinski definition) is 1. The summed E-state index contributed by atoms with van der Waals surface area (Å²) in [6.07, 6.45) is 5.48. The van der Waals surface area contributed by atoms with E-state index in [1.807, 2.05) is 12.1 Å². The van der Waals surface area contributed by atoms with Gasteiger partial charge in [0.2, 0.25) is 5.95 Å². The van der Waals surface area contributed by atoms with E-state index in [1.165, 1.54) is 12.1 Å². The summed E-state index contributed by atoms with van der Waals surface area (Å²) in [5.41, 5.74) is 3.18. The van der Waals surface area contributed by atoms with Crippen LogP contribution in [0.1, 0.15) is 30.9 Å². The molecular weight excluding hydrogens is 372 g/mol. The van der Waals surface area contributed by atoms with Crippen LogP contribution in [0.4, 0.5) is 11.6 Å². The lowest BCUT2D eigenvalue weighted by molar-refractivity contribution is -0.384. The molecule has 1 N–H and O–H groups in total. The summed E-state index contributed by atoms with van der Waals surface area (Å²) in [6, 6.07) is 9.47. The Labute approximate surface area is 165 Å². The first-order valence-corrected chi connectivity index (χ1v) is 9.26. The molecule has 0 spiro atoms. The molecule has 0 saturated heterocycles. The Kier molecular flexibility index (Phi) is 3.94. The van der Waals surface area contributed by atoms with E-state index in [0.29, 0.717) is 23.8 Å². The van der Waals surface area contributed by atoms with Crippen molar-refractivity contribution in [3.05, 3.63) is 75.7 Å². The van der Waals surface area contributed by atoms with Gasteiger partial charge in [-0.15, -0.1) is 5.10 Å². The predicted molar refractivity (Wildman–Crippen MR) is 104 cm³/mol. The summed E-state index contributed by atoms with van der Waals surface area (Å²) in [5, 5.41) is 18.8. The number of fused-ring (bicyclic) bond motifs is 1. The number of nitro benzene ring substituents is 1. The van der Waals surface area contributed by atoms with Crippen LogP contribution in [-0.2, 0) is 4.79 Å². The number of carbonyl (C=O) groups excluding carboxylic acids is 1. The number of benzene rings is 1. The molecule has 29 heavy (non-hydrogen) atoms.